The number of rotatable bonds is 4. The van der Waals surface area contributed by atoms with Crippen LogP contribution in [0.4, 0.5) is 0 Å². The van der Waals surface area contributed by atoms with Crippen molar-refractivity contribution in [3.8, 4) is 0 Å². The number of aryl methyl sites for hydroxylation is 1. The fourth-order valence-electron chi connectivity index (χ4n) is 4.46. The SMILES string of the molecule is Cc1ccsc1CN1C[C@@H]2[C@H](C1)n1cccc1C(=O)N2Cc1ccccc1. The zero-order chi connectivity index (χ0) is 18.4. The summed E-state index contributed by atoms with van der Waals surface area (Å²) in [6.07, 6.45) is 2.07. The fourth-order valence-corrected chi connectivity index (χ4v) is 5.40. The highest BCUT2D eigenvalue weighted by Gasteiger charge is 2.44. The fraction of sp³-hybridized carbons (Fsp3) is 0.318. The molecule has 2 atom stereocenters. The van der Waals surface area contributed by atoms with Gasteiger partial charge in [-0.2, -0.15) is 0 Å². The second-order valence-corrected chi connectivity index (χ2v) is 8.58. The van der Waals surface area contributed by atoms with Crippen LogP contribution in [0.25, 0.3) is 0 Å². The molecule has 2 aliphatic heterocycles. The van der Waals surface area contributed by atoms with Crippen LogP contribution in [0.15, 0.2) is 60.1 Å². The van der Waals surface area contributed by atoms with Gasteiger partial charge in [0.25, 0.3) is 5.91 Å². The Morgan fingerprint density at radius 3 is 2.59 bits per heavy atom. The number of aromatic nitrogens is 1. The van der Waals surface area contributed by atoms with E-state index in [2.05, 4.69) is 51.1 Å². The minimum Gasteiger partial charge on any atom is -0.337 e. The average Bonchev–Trinajstić information content (AvgIpc) is 3.40. The van der Waals surface area contributed by atoms with Crippen LogP contribution in [0.3, 0.4) is 0 Å². The van der Waals surface area contributed by atoms with Crippen LogP contribution in [0.5, 0.6) is 0 Å². The number of amides is 1. The molecule has 0 aliphatic carbocycles. The first-order valence-electron chi connectivity index (χ1n) is 9.48. The van der Waals surface area contributed by atoms with Crippen LogP contribution in [0.2, 0.25) is 0 Å². The number of thiophene rings is 1. The Morgan fingerprint density at radius 1 is 1.00 bits per heavy atom. The lowest BCUT2D eigenvalue weighted by molar-refractivity contribution is 0.0556. The van der Waals surface area contributed by atoms with E-state index in [-0.39, 0.29) is 11.9 Å². The van der Waals surface area contributed by atoms with E-state index in [9.17, 15) is 4.79 Å². The number of hydrogen-bond acceptors (Lipinski definition) is 3. The Labute approximate surface area is 163 Å². The number of carbonyl (C=O) groups excluding carboxylic acids is 1. The molecule has 1 fully saturated rings. The van der Waals surface area contributed by atoms with Gasteiger partial charge in [0.2, 0.25) is 0 Å². The van der Waals surface area contributed by atoms with Gasteiger partial charge in [-0.3, -0.25) is 9.69 Å². The predicted octanol–water partition coefficient (Wildman–Crippen LogP) is 3.94. The molecule has 5 rings (SSSR count). The average molecular weight is 378 g/mol. The number of hydrogen-bond donors (Lipinski definition) is 0. The molecule has 0 unspecified atom stereocenters. The molecular formula is C22H23N3OS. The van der Waals surface area contributed by atoms with Gasteiger partial charge in [0.1, 0.15) is 5.69 Å². The molecule has 2 aromatic heterocycles. The minimum absolute atomic E-state index is 0.152. The Bertz CT molecular complexity index is 961. The highest BCUT2D eigenvalue weighted by molar-refractivity contribution is 7.10. The third-order valence-electron chi connectivity index (χ3n) is 5.88. The van der Waals surface area contributed by atoms with Gasteiger partial charge in [0.05, 0.1) is 12.1 Å². The van der Waals surface area contributed by atoms with Gasteiger partial charge in [-0.15, -0.1) is 11.3 Å². The van der Waals surface area contributed by atoms with E-state index in [1.165, 1.54) is 16.0 Å². The molecule has 0 spiro atoms. The first kappa shape index (κ1) is 16.8. The highest BCUT2D eigenvalue weighted by atomic mass is 32.1. The van der Waals surface area contributed by atoms with Crippen LogP contribution in [-0.4, -0.2) is 39.4 Å². The number of carbonyl (C=O) groups is 1. The van der Waals surface area contributed by atoms with Gasteiger partial charge in [-0.1, -0.05) is 30.3 Å². The molecule has 1 aromatic carbocycles. The Morgan fingerprint density at radius 2 is 1.81 bits per heavy atom. The molecule has 2 aliphatic rings. The Kier molecular flexibility index (Phi) is 4.14. The molecule has 138 valence electrons. The molecular weight excluding hydrogens is 354 g/mol. The van der Waals surface area contributed by atoms with Crippen LogP contribution >= 0.6 is 11.3 Å². The van der Waals surface area contributed by atoms with Crippen molar-refractivity contribution in [3.05, 3.63) is 81.8 Å². The lowest BCUT2D eigenvalue weighted by atomic mass is 10.0. The van der Waals surface area contributed by atoms with Crippen molar-refractivity contribution < 1.29 is 4.79 Å². The lowest BCUT2D eigenvalue weighted by Crippen LogP contribution is -2.49. The van der Waals surface area contributed by atoms with E-state index in [1.54, 1.807) is 0 Å². The van der Waals surface area contributed by atoms with Crippen molar-refractivity contribution in [3.63, 3.8) is 0 Å². The quantitative estimate of drug-likeness (QED) is 0.689. The first-order valence-corrected chi connectivity index (χ1v) is 10.4. The standard InChI is InChI=1S/C22H23N3OS/c1-16-9-11-27-21(16)15-23-13-19-20(14-23)25(12-17-6-3-2-4-7-17)22(26)18-8-5-10-24(18)19/h2-11,19-20H,12-15H2,1H3/t19-,20+/m0/s1. The molecule has 0 N–H and O–H groups in total. The number of fused-ring (bicyclic) bond motifs is 3. The maximum atomic E-state index is 13.2. The van der Waals surface area contributed by atoms with Crippen molar-refractivity contribution in [2.75, 3.05) is 13.1 Å². The van der Waals surface area contributed by atoms with E-state index in [0.717, 1.165) is 25.3 Å². The van der Waals surface area contributed by atoms with Crippen molar-refractivity contribution in [2.45, 2.75) is 32.1 Å². The normalized spacial score (nSPS) is 22.1. The van der Waals surface area contributed by atoms with E-state index in [0.29, 0.717) is 12.6 Å². The van der Waals surface area contributed by atoms with E-state index in [1.807, 2.05) is 41.7 Å². The van der Waals surface area contributed by atoms with E-state index in [4.69, 9.17) is 0 Å². The van der Waals surface area contributed by atoms with Crippen molar-refractivity contribution in [2.24, 2.45) is 0 Å². The second kappa shape index (κ2) is 6.66. The number of nitrogens with zero attached hydrogens (tertiary/aromatic N) is 3. The second-order valence-electron chi connectivity index (χ2n) is 7.57. The zero-order valence-corrected chi connectivity index (χ0v) is 16.2. The summed E-state index contributed by atoms with van der Waals surface area (Å²) in [4.78, 5) is 19.2. The highest BCUT2D eigenvalue weighted by Crippen LogP contribution is 2.35. The topological polar surface area (TPSA) is 28.5 Å². The molecule has 1 saturated heterocycles. The molecule has 5 heteroatoms. The number of likely N-dealkylation sites (tertiary alicyclic amines) is 1. The third kappa shape index (κ3) is 2.91. The van der Waals surface area contributed by atoms with Crippen LogP contribution < -0.4 is 0 Å². The van der Waals surface area contributed by atoms with Gasteiger partial charge < -0.3 is 9.47 Å². The predicted molar refractivity (Wildman–Crippen MR) is 108 cm³/mol. The first-order chi connectivity index (χ1) is 13.2. The Hall–Kier alpha value is -2.37. The zero-order valence-electron chi connectivity index (χ0n) is 15.4. The summed E-state index contributed by atoms with van der Waals surface area (Å²) in [7, 11) is 0. The molecule has 27 heavy (non-hydrogen) atoms. The summed E-state index contributed by atoms with van der Waals surface area (Å²) in [5, 5.41) is 2.17. The molecule has 0 bridgehead atoms. The molecule has 0 saturated carbocycles. The summed E-state index contributed by atoms with van der Waals surface area (Å²) < 4.78 is 2.20. The van der Waals surface area contributed by atoms with Gasteiger partial charge >= 0.3 is 0 Å². The van der Waals surface area contributed by atoms with Crippen molar-refractivity contribution in [1.82, 2.24) is 14.4 Å². The molecule has 4 nitrogen and oxygen atoms in total. The molecule has 4 heterocycles. The Balaban J connectivity index is 1.45. The van der Waals surface area contributed by atoms with Gasteiger partial charge in [-0.05, 0) is 41.6 Å². The summed E-state index contributed by atoms with van der Waals surface area (Å²) in [5.74, 6) is 0.152. The lowest BCUT2D eigenvalue weighted by Gasteiger charge is -2.38. The van der Waals surface area contributed by atoms with E-state index < -0.39 is 0 Å². The van der Waals surface area contributed by atoms with Crippen LogP contribution in [0, 0.1) is 6.92 Å². The molecule has 0 radical (unpaired) electrons. The molecule has 3 aromatic rings. The van der Waals surface area contributed by atoms with Crippen LogP contribution in [-0.2, 0) is 13.1 Å². The van der Waals surface area contributed by atoms with E-state index >= 15 is 0 Å². The summed E-state index contributed by atoms with van der Waals surface area (Å²) in [6.45, 7) is 5.75. The van der Waals surface area contributed by atoms with Gasteiger partial charge in [0, 0.05) is 37.3 Å². The maximum absolute atomic E-state index is 13.2. The summed E-state index contributed by atoms with van der Waals surface area (Å²) >= 11 is 1.83. The van der Waals surface area contributed by atoms with Gasteiger partial charge in [-0.25, -0.2) is 0 Å². The number of benzene rings is 1. The summed E-state index contributed by atoms with van der Waals surface area (Å²) in [5.41, 5.74) is 3.38. The maximum Gasteiger partial charge on any atom is 0.271 e. The van der Waals surface area contributed by atoms with Gasteiger partial charge in [0.15, 0.2) is 0 Å². The summed E-state index contributed by atoms with van der Waals surface area (Å²) in [6, 6.07) is 17.0. The minimum atomic E-state index is 0.152. The monoisotopic (exact) mass is 377 g/mol. The van der Waals surface area contributed by atoms with Crippen molar-refractivity contribution in [1.29, 1.82) is 0 Å². The third-order valence-corrected chi connectivity index (χ3v) is 6.89. The van der Waals surface area contributed by atoms with Crippen molar-refractivity contribution >= 4 is 17.2 Å². The largest absolute Gasteiger partial charge is 0.337 e. The molecule has 1 amide bonds. The smallest absolute Gasteiger partial charge is 0.271 e. The van der Waals surface area contributed by atoms with Crippen LogP contribution in [0.1, 0.15) is 32.5 Å².